The summed E-state index contributed by atoms with van der Waals surface area (Å²) in [4.78, 5) is 24.6. The van der Waals surface area contributed by atoms with Crippen LogP contribution in [0.5, 0.6) is 5.75 Å². The summed E-state index contributed by atoms with van der Waals surface area (Å²) >= 11 is 0. The molecule has 0 aliphatic carbocycles. The molecular weight excluding hydrogens is 334 g/mol. The van der Waals surface area contributed by atoms with E-state index < -0.39 is 5.63 Å². The average Bonchev–Trinajstić information content (AvgIpc) is 3.10. The number of aromatic hydroxyl groups is 1. The van der Waals surface area contributed by atoms with Gasteiger partial charge in [0, 0.05) is 23.9 Å². The second kappa shape index (κ2) is 7.47. The summed E-state index contributed by atoms with van der Waals surface area (Å²) < 4.78 is 10.5. The van der Waals surface area contributed by atoms with Crippen LogP contribution in [0.2, 0.25) is 0 Å². The number of fused-ring (bicyclic) bond motifs is 1. The molecule has 0 fully saturated rings. The van der Waals surface area contributed by atoms with Gasteiger partial charge in [-0.05, 0) is 50.1 Å². The van der Waals surface area contributed by atoms with Gasteiger partial charge in [-0.2, -0.15) is 0 Å². The summed E-state index contributed by atoms with van der Waals surface area (Å²) in [5, 5.41) is 13.1. The maximum atomic E-state index is 12.3. The van der Waals surface area contributed by atoms with E-state index in [9.17, 15) is 14.7 Å². The summed E-state index contributed by atoms with van der Waals surface area (Å²) in [6.07, 6.45) is 3.05. The Morgan fingerprint density at radius 2 is 2.12 bits per heavy atom. The Hall–Kier alpha value is -3.02. The lowest BCUT2D eigenvalue weighted by molar-refractivity contribution is -0.121. The molecule has 3 rings (SSSR count). The molecule has 0 saturated carbocycles. The molecule has 2 heterocycles. The lowest BCUT2D eigenvalue weighted by atomic mass is 10.0. The SMILES string of the molecule is Cc1c(CC(=O)N[C@@H](C)CCc2ccco2)c(=O)oc2cc(O)ccc12. The van der Waals surface area contributed by atoms with Crippen LogP contribution in [-0.2, 0) is 17.6 Å². The molecule has 1 atom stereocenters. The van der Waals surface area contributed by atoms with Crippen molar-refractivity contribution in [3.05, 3.63) is 63.9 Å². The number of phenolic OH excluding ortho intramolecular Hbond substituents is 1. The number of aryl methyl sites for hydroxylation is 2. The van der Waals surface area contributed by atoms with Crippen molar-refractivity contribution in [2.45, 2.75) is 39.2 Å². The Balaban J connectivity index is 1.68. The number of nitrogens with one attached hydrogen (secondary N) is 1. The van der Waals surface area contributed by atoms with Gasteiger partial charge in [0.1, 0.15) is 17.1 Å². The zero-order chi connectivity index (χ0) is 18.7. The highest BCUT2D eigenvalue weighted by Crippen LogP contribution is 2.23. The summed E-state index contributed by atoms with van der Waals surface area (Å²) in [5.74, 6) is 0.668. The molecule has 3 aromatic rings. The second-order valence-corrected chi connectivity index (χ2v) is 6.44. The van der Waals surface area contributed by atoms with Crippen molar-refractivity contribution < 1.29 is 18.7 Å². The van der Waals surface area contributed by atoms with Crippen molar-refractivity contribution in [2.75, 3.05) is 0 Å². The van der Waals surface area contributed by atoms with Gasteiger partial charge in [0.2, 0.25) is 5.91 Å². The van der Waals surface area contributed by atoms with Crippen molar-refractivity contribution in [3.63, 3.8) is 0 Å². The molecule has 26 heavy (non-hydrogen) atoms. The maximum absolute atomic E-state index is 12.3. The molecule has 0 spiro atoms. The molecule has 0 radical (unpaired) electrons. The third-order valence-electron chi connectivity index (χ3n) is 4.42. The van der Waals surface area contributed by atoms with E-state index in [2.05, 4.69) is 5.32 Å². The van der Waals surface area contributed by atoms with E-state index in [0.717, 1.165) is 18.6 Å². The number of hydrogen-bond donors (Lipinski definition) is 2. The van der Waals surface area contributed by atoms with Gasteiger partial charge in [0.25, 0.3) is 0 Å². The minimum absolute atomic E-state index is 0.0240. The molecule has 0 unspecified atom stereocenters. The van der Waals surface area contributed by atoms with Crippen LogP contribution in [0.1, 0.15) is 30.2 Å². The highest BCUT2D eigenvalue weighted by atomic mass is 16.4. The summed E-state index contributed by atoms with van der Waals surface area (Å²) in [6.45, 7) is 3.69. The third-order valence-corrected chi connectivity index (χ3v) is 4.42. The van der Waals surface area contributed by atoms with Gasteiger partial charge in [0.15, 0.2) is 0 Å². The third kappa shape index (κ3) is 3.96. The molecule has 0 aliphatic rings. The van der Waals surface area contributed by atoms with E-state index in [-0.39, 0.29) is 24.1 Å². The highest BCUT2D eigenvalue weighted by molar-refractivity contribution is 5.85. The number of rotatable bonds is 6. The van der Waals surface area contributed by atoms with Crippen LogP contribution in [-0.4, -0.2) is 17.1 Å². The first-order chi connectivity index (χ1) is 12.4. The fourth-order valence-corrected chi connectivity index (χ4v) is 2.96. The summed E-state index contributed by atoms with van der Waals surface area (Å²) in [5.41, 5.74) is 0.774. The lowest BCUT2D eigenvalue weighted by Gasteiger charge is -2.14. The summed E-state index contributed by atoms with van der Waals surface area (Å²) in [7, 11) is 0. The van der Waals surface area contributed by atoms with E-state index >= 15 is 0 Å². The number of phenols is 1. The number of carbonyl (C=O) groups excluding carboxylic acids is 1. The molecular formula is C20H21NO5. The smallest absolute Gasteiger partial charge is 0.340 e. The van der Waals surface area contributed by atoms with Crippen LogP contribution in [0.4, 0.5) is 0 Å². The van der Waals surface area contributed by atoms with E-state index in [1.54, 1.807) is 19.3 Å². The van der Waals surface area contributed by atoms with Crippen LogP contribution in [0.3, 0.4) is 0 Å². The molecule has 6 heteroatoms. The van der Waals surface area contributed by atoms with E-state index in [1.165, 1.54) is 12.1 Å². The first-order valence-corrected chi connectivity index (χ1v) is 8.51. The molecule has 1 aromatic carbocycles. The minimum Gasteiger partial charge on any atom is -0.508 e. The largest absolute Gasteiger partial charge is 0.508 e. The van der Waals surface area contributed by atoms with Crippen molar-refractivity contribution >= 4 is 16.9 Å². The van der Waals surface area contributed by atoms with Crippen molar-refractivity contribution in [3.8, 4) is 5.75 Å². The van der Waals surface area contributed by atoms with Crippen LogP contribution < -0.4 is 10.9 Å². The predicted molar refractivity (Wildman–Crippen MR) is 97.2 cm³/mol. The molecule has 136 valence electrons. The second-order valence-electron chi connectivity index (χ2n) is 6.44. The fourth-order valence-electron chi connectivity index (χ4n) is 2.96. The Bertz CT molecular complexity index is 972. The van der Waals surface area contributed by atoms with Gasteiger partial charge in [0.05, 0.1) is 18.2 Å². The number of benzene rings is 1. The normalized spacial score (nSPS) is 12.2. The van der Waals surface area contributed by atoms with Crippen LogP contribution in [0, 0.1) is 6.92 Å². The fraction of sp³-hybridized carbons (Fsp3) is 0.300. The van der Waals surface area contributed by atoms with E-state index in [0.29, 0.717) is 22.1 Å². The molecule has 0 aliphatic heterocycles. The quantitative estimate of drug-likeness (QED) is 0.663. The lowest BCUT2D eigenvalue weighted by Crippen LogP contribution is -2.35. The van der Waals surface area contributed by atoms with Gasteiger partial charge in [-0.15, -0.1) is 0 Å². The molecule has 2 N–H and O–H groups in total. The van der Waals surface area contributed by atoms with Crippen LogP contribution >= 0.6 is 0 Å². The predicted octanol–water partition coefficient (Wildman–Crippen LogP) is 3.08. The highest BCUT2D eigenvalue weighted by Gasteiger charge is 2.16. The Kier molecular flexibility index (Phi) is 5.11. The van der Waals surface area contributed by atoms with Crippen LogP contribution in [0.15, 0.2) is 50.2 Å². The summed E-state index contributed by atoms with van der Waals surface area (Å²) in [6, 6.07) is 8.28. The number of furan rings is 1. The molecule has 0 bridgehead atoms. The zero-order valence-corrected chi connectivity index (χ0v) is 14.7. The molecule has 0 saturated heterocycles. The Morgan fingerprint density at radius 1 is 1.31 bits per heavy atom. The van der Waals surface area contributed by atoms with Gasteiger partial charge in [-0.25, -0.2) is 4.79 Å². The zero-order valence-electron chi connectivity index (χ0n) is 14.7. The van der Waals surface area contributed by atoms with Gasteiger partial charge >= 0.3 is 5.63 Å². The van der Waals surface area contributed by atoms with Crippen molar-refractivity contribution in [1.82, 2.24) is 5.32 Å². The first-order valence-electron chi connectivity index (χ1n) is 8.51. The van der Waals surface area contributed by atoms with Gasteiger partial charge in [-0.1, -0.05) is 0 Å². The van der Waals surface area contributed by atoms with Crippen molar-refractivity contribution in [1.29, 1.82) is 0 Å². The minimum atomic E-state index is -0.556. The first kappa shape index (κ1) is 17.8. The standard InChI is InChI=1S/C20H21NO5/c1-12(5-7-15-4-3-9-25-15)21-19(23)11-17-13(2)16-8-6-14(22)10-18(16)26-20(17)24/h3-4,6,8-10,12,22H,5,7,11H2,1-2H3,(H,21,23)/t12-/m0/s1. The Labute approximate surface area is 150 Å². The van der Waals surface area contributed by atoms with Crippen LogP contribution in [0.25, 0.3) is 11.0 Å². The number of carbonyl (C=O) groups is 1. The van der Waals surface area contributed by atoms with Gasteiger partial charge < -0.3 is 19.3 Å². The molecule has 1 amide bonds. The average molecular weight is 355 g/mol. The van der Waals surface area contributed by atoms with Crippen molar-refractivity contribution in [2.24, 2.45) is 0 Å². The van der Waals surface area contributed by atoms with E-state index in [1.807, 2.05) is 19.1 Å². The Morgan fingerprint density at radius 3 is 2.85 bits per heavy atom. The molecule has 2 aromatic heterocycles. The topological polar surface area (TPSA) is 92.7 Å². The van der Waals surface area contributed by atoms with Gasteiger partial charge in [-0.3, -0.25) is 4.79 Å². The maximum Gasteiger partial charge on any atom is 0.340 e. The number of hydrogen-bond acceptors (Lipinski definition) is 5. The van der Waals surface area contributed by atoms with E-state index in [4.69, 9.17) is 8.83 Å². The monoisotopic (exact) mass is 355 g/mol. The molecule has 6 nitrogen and oxygen atoms in total. The number of amides is 1.